The molecule has 0 aliphatic rings. The van der Waals surface area contributed by atoms with Gasteiger partial charge in [0.25, 0.3) is 0 Å². The summed E-state index contributed by atoms with van der Waals surface area (Å²) in [5.41, 5.74) is 7.05. The number of hydrogen-bond donors (Lipinski definition) is 1. The molecule has 0 saturated heterocycles. The van der Waals surface area contributed by atoms with E-state index in [1.165, 1.54) is 0 Å². The average molecular weight is 337 g/mol. The second-order valence-corrected chi connectivity index (χ2v) is 5.98. The Morgan fingerprint density at radius 3 is 2.57 bits per heavy atom. The molecule has 2 rings (SSSR count). The minimum absolute atomic E-state index is 0.126. The van der Waals surface area contributed by atoms with Crippen molar-refractivity contribution in [2.75, 3.05) is 0 Å². The lowest BCUT2D eigenvalue weighted by Gasteiger charge is -2.06. The zero-order valence-electron chi connectivity index (χ0n) is 7.04. The predicted molar refractivity (Wildman–Crippen MR) is 64.5 cm³/mol. The Morgan fingerprint density at radius 1 is 1.29 bits per heavy atom. The number of hydrogen-bond acceptors (Lipinski definition) is 3. The Kier molecular flexibility index (Phi) is 3.11. The van der Waals surface area contributed by atoms with Crippen molar-refractivity contribution >= 4 is 43.2 Å². The molecule has 0 aromatic carbocycles. The van der Waals surface area contributed by atoms with Crippen LogP contribution in [0.1, 0.15) is 16.5 Å². The summed E-state index contributed by atoms with van der Waals surface area (Å²) in [5, 5.41) is 0. The van der Waals surface area contributed by atoms with E-state index in [4.69, 9.17) is 10.2 Å². The molecule has 0 amide bonds. The Labute approximate surface area is 102 Å². The predicted octanol–water partition coefficient (Wildman–Crippen LogP) is 3.91. The summed E-state index contributed by atoms with van der Waals surface area (Å²) >= 11 is 8.36. The van der Waals surface area contributed by atoms with E-state index in [-0.39, 0.29) is 6.04 Å². The summed E-state index contributed by atoms with van der Waals surface area (Å²) in [6, 6.07) is 5.76. The van der Waals surface area contributed by atoms with Crippen molar-refractivity contribution in [1.29, 1.82) is 0 Å². The summed E-state index contributed by atoms with van der Waals surface area (Å²) in [6.45, 7) is 0. The summed E-state index contributed by atoms with van der Waals surface area (Å²) in [5.74, 6) is 0. The molecule has 74 valence electrons. The van der Waals surface area contributed by atoms with Crippen molar-refractivity contribution in [3.63, 3.8) is 0 Å². The van der Waals surface area contributed by atoms with Crippen LogP contribution < -0.4 is 5.73 Å². The van der Waals surface area contributed by atoms with Crippen LogP contribution in [-0.2, 0) is 0 Å². The number of nitrogens with two attached hydrogens (primary N) is 1. The first-order valence-corrected chi connectivity index (χ1v) is 6.32. The molecule has 1 unspecified atom stereocenters. The third-order valence-electron chi connectivity index (χ3n) is 1.88. The van der Waals surface area contributed by atoms with Gasteiger partial charge < -0.3 is 10.2 Å². The van der Waals surface area contributed by atoms with Crippen molar-refractivity contribution in [3.05, 3.63) is 43.4 Å². The number of furan rings is 1. The third kappa shape index (κ3) is 1.95. The fraction of sp³-hybridized carbons (Fsp3) is 0.111. The fourth-order valence-corrected chi connectivity index (χ4v) is 3.11. The van der Waals surface area contributed by atoms with Crippen LogP contribution >= 0.6 is 43.2 Å². The SMILES string of the molecule is NC(c1ccc(Br)s1)c1ccoc1Br. The average Bonchev–Trinajstić information content (AvgIpc) is 2.73. The molecule has 0 spiro atoms. The van der Waals surface area contributed by atoms with Crippen molar-refractivity contribution in [2.45, 2.75) is 6.04 Å². The van der Waals surface area contributed by atoms with Gasteiger partial charge in [-0.25, -0.2) is 0 Å². The molecule has 2 N–H and O–H groups in total. The van der Waals surface area contributed by atoms with Crippen LogP contribution in [0.3, 0.4) is 0 Å². The molecule has 2 nitrogen and oxygen atoms in total. The molecule has 0 aliphatic heterocycles. The molecule has 14 heavy (non-hydrogen) atoms. The molecule has 0 bridgehead atoms. The van der Waals surface area contributed by atoms with Crippen LogP contribution in [0.25, 0.3) is 0 Å². The van der Waals surface area contributed by atoms with Crippen LogP contribution in [0.5, 0.6) is 0 Å². The van der Waals surface area contributed by atoms with Gasteiger partial charge in [0.2, 0.25) is 0 Å². The van der Waals surface area contributed by atoms with Crippen molar-refractivity contribution in [1.82, 2.24) is 0 Å². The summed E-state index contributed by atoms with van der Waals surface area (Å²) in [4.78, 5) is 1.11. The molecule has 0 radical (unpaired) electrons. The van der Waals surface area contributed by atoms with Gasteiger partial charge >= 0.3 is 0 Å². The maximum absolute atomic E-state index is 6.07. The topological polar surface area (TPSA) is 39.2 Å². The van der Waals surface area contributed by atoms with Gasteiger partial charge in [-0.3, -0.25) is 0 Å². The highest BCUT2D eigenvalue weighted by molar-refractivity contribution is 9.11. The lowest BCUT2D eigenvalue weighted by Crippen LogP contribution is -2.09. The van der Waals surface area contributed by atoms with E-state index in [0.29, 0.717) is 4.67 Å². The Morgan fingerprint density at radius 2 is 2.07 bits per heavy atom. The second kappa shape index (κ2) is 4.18. The van der Waals surface area contributed by atoms with Gasteiger partial charge in [0.05, 0.1) is 16.1 Å². The van der Waals surface area contributed by atoms with Gasteiger partial charge in [0.15, 0.2) is 4.67 Å². The molecule has 0 aliphatic carbocycles. The van der Waals surface area contributed by atoms with E-state index in [2.05, 4.69) is 31.9 Å². The normalized spacial score (nSPS) is 13.1. The van der Waals surface area contributed by atoms with E-state index in [0.717, 1.165) is 14.2 Å². The van der Waals surface area contributed by atoms with Crippen LogP contribution in [0.4, 0.5) is 0 Å². The van der Waals surface area contributed by atoms with Crippen molar-refractivity contribution in [3.8, 4) is 0 Å². The molecule has 1 atom stereocenters. The second-order valence-electron chi connectivity index (χ2n) is 2.77. The summed E-state index contributed by atoms with van der Waals surface area (Å²) in [7, 11) is 0. The number of rotatable bonds is 2. The van der Waals surface area contributed by atoms with Gasteiger partial charge in [0, 0.05) is 10.4 Å². The first-order chi connectivity index (χ1) is 6.68. The Balaban J connectivity index is 2.33. The van der Waals surface area contributed by atoms with Crippen LogP contribution in [0, 0.1) is 0 Å². The van der Waals surface area contributed by atoms with Crippen LogP contribution in [-0.4, -0.2) is 0 Å². The minimum Gasteiger partial charge on any atom is -0.457 e. The quantitative estimate of drug-likeness (QED) is 0.902. The molecule has 2 aromatic heterocycles. The number of thiophene rings is 1. The summed E-state index contributed by atoms with van der Waals surface area (Å²) < 4.78 is 6.93. The maximum Gasteiger partial charge on any atom is 0.174 e. The van der Waals surface area contributed by atoms with E-state index in [1.807, 2.05) is 18.2 Å². The Bertz CT molecular complexity index is 437. The van der Waals surface area contributed by atoms with Crippen molar-refractivity contribution < 1.29 is 4.42 Å². The highest BCUT2D eigenvalue weighted by atomic mass is 79.9. The van der Waals surface area contributed by atoms with Crippen molar-refractivity contribution in [2.24, 2.45) is 5.73 Å². The van der Waals surface area contributed by atoms with Gasteiger partial charge in [-0.05, 0) is 50.1 Å². The molecule has 2 aromatic rings. The standard InChI is InChI=1S/C9H7Br2NOS/c10-7-2-1-6(14-7)8(12)5-3-4-13-9(5)11/h1-4,8H,12H2. The molecule has 2 heterocycles. The van der Waals surface area contributed by atoms with Gasteiger partial charge in [-0.15, -0.1) is 11.3 Å². The number of halogens is 2. The zero-order valence-corrected chi connectivity index (χ0v) is 11.0. The third-order valence-corrected chi connectivity index (χ3v) is 4.23. The van der Waals surface area contributed by atoms with Crippen LogP contribution in [0.15, 0.2) is 37.3 Å². The van der Waals surface area contributed by atoms with Gasteiger partial charge in [-0.1, -0.05) is 0 Å². The highest BCUT2D eigenvalue weighted by Gasteiger charge is 2.15. The summed E-state index contributed by atoms with van der Waals surface area (Å²) in [6.07, 6.45) is 1.63. The van der Waals surface area contributed by atoms with E-state index >= 15 is 0 Å². The molecule has 0 saturated carbocycles. The van der Waals surface area contributed by atoms with E-state index < -0.39 is 0 Å². The first kappa shape index (κ1) is 10.4. The largest absolute Gasteiger partial charge is 0.457 e. The van der Waals surface area contributed by atoms with Gasteiger partial charge in [0.1, 0.15) is 0 Å². The minimum atomic E-state index is -0.126. The smallest absolute Gasteiger partial charge is 0.174 e. The van der Waals surface area contributed by atoms with Gasteiger partial charge in [-0.2, -0.15) is 0 Å². The lowest BCUT2D eigenvalue weighted by atomic mass is 10.1. The van der Waals surface area contributed by atoms with Crippen LogP contribution in [0.2, 0.25) is 0 Å². The van der Waals surface area contributed by atoms with E-state index in [1.54, 1.807) is 17.6 Å². The highest BCUT2D eigenvalue weighted by Crippen LogP contribution is 2.33. The first-order valence-electron chi connectivity index (χ1n) is 3.92. The molecule has 0 fully saturated rings. The Hall–Kier alpha value is -0.100. The molecular formula is C9H7Br2NOS. The monoisotopic (exact) mass is 335 g/mol. The molecular weight excluding hydrogens is 330 g/mol. The lowest BCUT2D eigenvalue weighted by molar-refractivity contribution is 0.535. The van der Waals surface area contributed by atoms with E-state index in [9.17, 15) is 0 Å². The fourth-order valence-electron chi connectivity index (χ4n) is 1.18. The molecule has 5 heteroatoms. The maximum atomic E-state index is 6.07. The zero-order chi connectivity index (χ0) is 10.1.